The van der Waals surface area contributed by atoms with Crippen molar-refractivity contribution in [2.24, 2.45) is 0 Å². The molecule has 0 unspecified atom stereocenters. The lowest BCUT2D eigenvalue weighted by atomic mass is 9.87. The van der Waals surface area contributed by atoms with Crippen LogP contribution < -0.4 is 0 Å². The number of benzene rings is 1. The highest BCUT2D eigenvalue weighted by Crippen LogP contribution is 2.38. The zero-order valence-corrected chi connectivity index (χ0v) is 11.2. The number of Topliss-reactive ketones (excluding diaryl/α,β-unsaturated/α-hetero) is 1. The van der Waals surface area contributed by atoms with Gasteiger partial charge >= 0.3 is 0 Å². The van der Waals surface area contributed by atoms with Crippen LogP contribution in [0.25, 0.3) is 10.9 Å². The van der Waals surface area contributed by atoms with E-state index < -0.39 is 0 Å². The van der Waals surface area contributed by atoms with Gasteiger partial charge in [0, 0.05) is 29.6 Å². The molecule has 1 aromatic heterocycles. The molecule has 0 spiro atoms. The number of rotatable bonds is 1. The minimum Gasteiger partial charge on any atom is -0.343 e. The highest BCUT2D eigenvalue weighted by molar-refractivity contribution is 6.08. The number of hydrogen-bond acceptors (Lipinski definition) is 1. The first kappa shape index (κ1) is 11.3. The van der Waals surface area contributed by atoms with Crippen LogP contribution in [0.4, 0.5) is 0 Å². The first-order chi connectivity index (χ1) is 9.34. The average molecular weight is 253 g/mol. The summed E-state index contributed by atoms with van der Waals surface area (Å²) in [4.78, 5) is 12.0. The van der Waals surface area contributed by atoms with Gasteiger partial charge in [0.2, 0.25) is 0 Å². The monoisotopic (exact) mass is 253 g/mol. The molecule has 19 heavy (non-hydrogen) atoms. The van der Waals surface area contributed by atoms with Gasteiger partial charge in [0.05, 0.1) is 5.52 Å². The van der Waals surface area contributed by atoms with Crippen LogP contribution in [0.1, 0.15) is 60.5 Å². The van der Waals surface area contributed by atoms with Crippen LogP contribution >= 0.6 is 0 Å². The topological polar surface area (TPSA) is 22.0 Å². The molecule has 0 bridgehead atoms. The van der Waals surface area contributed by atoms with E-state index in [1.165, 1.54) is 48.7 Å². The van der Waals surface area contributed by atoms with Gasteiger partial charge in [-0.3, -0.25) is 4.79 Å². The lowest BCUT2D eigenvalue weighted by Gasteiger charge is -2.25. The number of aryl methyl sites for hydroxylation is 1. The minimum atomic E-state index is 0.311. The second-order valence-corrected chi connectivity index (χ2v) is 5.97. The Morgan fingerprint density at radius 2 is 1.95 bits per heavy atom. The fourth-order valence-corrected chi connectivity index (χ4v) is 3.90. The Morgan fingerprint density at radius 3 is 2.79 bits per heavy atom. The summed E-state index contributed by atoms with van der Waals surface area (Å²) in [6.07, 6.45) is 7.41. The van der Waals surface area contributed by atoms with E-state index in [4.69, 9.17) is 0 Å². The Bertz CT molecular complexity index is 647. The molecule has 0 saturated heterocycles. The number of aromatic nitrogens is 1. The van der Waals surface area contributed by atoms with Crippen LogP contribution in [0.15, 0.2) is 24.3 Å². The average Bonchev–Trinajstić information content (AvgIpc) is 2.84. The summed E-state index contributed by atoms with van der Waals surface area (Å²) in [6.45, 7) is 0.880. The molecule has 2 heteroatoms. The number of nitrogens with zero attached hydrogens (tertiary/aromatic N) is 1. The molecular weight excluding hydrogens is 234 g/mol. The highest BCUT2D eigenvalue weighted by Gasteiger charge is 2.25. The predicted octanol–water partition coefficient (Wildman–Crippen LogP) is 4.28. The molecule has 1 aromatic carbocycles. The maximum Gasteiger partial charge on any atom is 0.166 e. The highest BCUT2D eigenvalue weighted by atomic mass is 16.1. The molecule has 1 fully saturated rings. The third-order valence-corrected chi connectivity index (χ3v) is 4.84. The number of para-hydroxylation sites is 1. The molecule has 1 saturated carbocycles. The molecule has 0 atom stereocenters. The molecule has 4 rings (SSSR count). The van der Waals surface area contributed by atoms with Gasteiger partial charge in [-0.2, -0.15) is 0 Å². The van der Waals surface area contributed by atoms with E-state index in [-0.39, 0.29) is 0 Å². The molecule has 0 radical (unpaired) electrons. The first-order valence-electron chi connectivity index (χ1n) is 7.50. The fourth-order valence-electron chi connectivity index (χ4n) is 3.90. The number of ketones is 1. The smallest absolute Gasteiger partial charge is 0.166 e. The van der Waals surface area contributed by atoms with E-state index in [1.807, 2.05) is 12.1 Å². The van der Waals surface area contributed by atoms with Crippen LogP contribution in [-0.2, 0) is 6.54 Å². The summed E-state index contributed by atoms with van der Waals surface area (Å²) in [5.41, 5.74) is 3.61. The third-order valence-electron chi connectivity index (χ3n) is 4.84. The fraction of sp³-hybridized carbons (Fsp3) is 0.471. The number of hydrogen-bond donors (Lipinski definition) is 0. The lowest BCUT2D eigenvalue weighted by Crippen LogP contribution is -2.18. The Kier molecular flexibility index (Phi) is 2.51. The van der Waals surface area contributed by atoms with Crippen molar-refractivity contribution in [1.82, 2.24) is 4.57 Å². The van der Waals surface area contributed by atoms with Gasteiger partial charge in [-0.05, 0) is 30.9 Å². The van der Waals surface area contributed by atoms with E-state index in [1.54, 1.807) is 0 Å². The van der Waals surface area contributed by atoms with Crippen LogP contribution in [-0.4, -0.2) is 10.4 Å². The summed E-state index contributed by atoms with van der Waals surface area (Å²) in [5.74, 6) is 1.02. The van der Waals surface area contributed by atoms with Crippen molar-refractivity contribution in [3.05, 3.63) is 35.5 Å². The van der Waals surface area contributed by atoms with Crippen LogP contribution in [0.2, 0.25) is 0 Å². The Morgan fingerprint density at radius 1 is 1.11 bits per heavy atom. The van der Waals surface area contributed by atoms with Gasteiger partial charge < -0.3 is 4.57 Å². The molecule has 0 N–H and O–H groups in total. The van der Waals surface area contributed by atoms with E-state index in [0.29, 0.717) is 18.1 Å². The Balaban J connectivity index is 1.91. The van der Waals surface area contributed by atoms with Crippen molar-refractivity contribution in [2.45, 2.75) is 51.0 Å². The molecular formula is C17H19NO. The summed E-state index contributed by atoms with van der Waals surface area (Å²) in [7, 11) is 0. The number of carbonyl (C=O) groups excluding carboxylic acids is 1. The van der Waals surface area contributed by atoms with Gasteiger partial charge in [0.25, 0.3) is 0 Å². The first-order valence-corrected chi connectivity index (χ1v) is 7.50. The van der Waals surface area contributed by atoms with Crippen molar-refractivity contribution in [3.63, 3.8) is 0 Å². The second-order valence-electron chi connectivity index (χ2n) is 5.97. The third kappa shape index (κ3) is 1.66. The van der Waals surface area contributed by atoms with E-state index in [0.717, 1.165) is 12.1 Å². The minimum absolute atomic E-state index is 0.311. The van der Waals surface area contributed by atoms with Gasteiger partial charge in [0.15, 0.2) is 5.78 Å². The largest absolute Gasteiger partial charge is 0.343 e. The molecule has 2 aromatic rings. The summed E-state index contributed by atoms with van der Waals surface area (Å²) in [6, 6.07) is 8.51. The van der Waals surface area contributed by atoms with Gasteiger partial charge in [-0.15, -0.1) is 0 Å². The summed E-state index contributed by atoms with van der Waals surface area (Å²) in [5, 5.41) is 1.26. The summed E-state index contributed by atoms with van der Waals surface area (Å²) >= 11 is 0. The predicted molar refractivity (Wildman–Crippen MR) is 76.7 cm³/mol. The maximum absolute atomic E-state index is 12.0. The number of carbonyl (C=O) groups is 1. The lowest BCUT2D eigenvalue weighted by molar-refractivity contribution is 0.0972. The second kappa shape index (κ2) is 4.22. The molecule has 1 aliphatic heterocycles. The Labute approximate surface area is 113 Å². The van der Waals surface area contributed by atoms with E-state index in [2.05, 4.69) is 16.7 Å². The van der Waals surface area contributed by atoms with E-state index >= 15 is 0 Å². The molecule has 98 valence electrons. The van der Waals surface area contributed by atoms with Crippen LogP contribution in [0.3, 0.4) is 0 Å². The van der Waals surface area contributed by atoms with Gasteiger partial charge in [0.1, 0.15) is 0 Å². The standard InChI is InChI=1S/C17H19NO/c19-16-9-10-18-15(12-5-2-1-3-6-12)11-13-7-4-8-14(16)17(13)18/h4,7-8,11-12H,1-3,5-6,9-10H2. The van der Waals surface area contributed by atoms with Crippen molar-refractivity contribution in [1.29, 1.82) is 0 Å². The molecule has 0 amide bonds. The van der Waals surface area contributed by atoms with Crippen molar-refractivity contribution in [2.75, 3.05) is 0 Å². The van der Waals surface area contributed by atoms with E-state index in [9.17, 15) is 4.79 Å². The van der Waals surface area contributed by atoms with Crippen molar-refractivity contribution >= 4 is 16.7 Å². The Hall–Kier alpha value is -1.57. The summed E-state index contributed by atoms with van der Waals surface area (Å²) < 4.78 is 2.43. The van der Waals surface area contributed by atoms with Crippen molar-refractivity contribution < 1.29 is 4.79 Å². The quantitative estimate of drug-likeness (QED) is 0.743. The zero-order chi connectivity index (χ0) is 12.8. The molecule has 1 aliphatic carbocycles. The molecule has 2 heterocycles. The van der Waals surface area contributed by atoms with Gasteiger partial charge in [-0.1, -0.05) is 31.4 Å². The normalized spacial score (nSPS) is 20.1. The SMILES string of the molecule is O=C1CCn2c(C3CCCCC3)cc3cccc1c32. The van der Waals surface area contributed by atoms with Gasteiger partial charge in [-0.25, -0.2) is 0 Å². The van der Waals surface area contributed by atoms with Crippen LogP contribution in [0.5, 0.6) is 0 Å². The molecule has 2 nitrogen and oxygen atoms in total. The van der Waals surface area contributed by atoms with Crippen LogP contribution in [0, 0.1) is 0 Å². The maximum atomic E-state index is 12.0. The zero-order valence-electron chi connectivity index (χ0n) is 11.2. The molecule has 2 aliphatic rings. The van der Waals surface area contributed by atoms with Crippen molar-refractivity contribution in [3.8, 4) is 0 Å².